The van der Waals surface area contributed by atoms with Crippen molar-refractivity contribution in [2.75, 3.05) is 17.7 Å². The lowest BCUT2D eigenvalue weighted by atomic mass is 10.1. The number of benzene rings is 1. The molecule has 3 rings (SSSR count). The number of aryl methyl sites for hydroxylation is 1. The standard InChI is InChI=1S/C19H15F5N4O2S2/c1-7-8(2)32-17(11(7)18(29)30-3)26-19(31)25-10-4-5-28(27-10)6-9-12(20)14(22)16(24)15(23)13(9)21/h4-5H,6H2,1-3H3,(H2,25,26,27,31). The van der Waals surface area contributed by atoms with E-state index in [4.69, 9.17) is 17.0 Å². The molecule has 13 heteroatoms. The van der Waals surface area contributed by atoms with Crippen LogP contribution in [-0.4, -0.2) is 28.0 Å². The molecular weight excluding hydrogens is 475 g/mol. The van der Waals surface area contributed by atoms with E-state index in [1.54, 1.807) is 6.92 Å². The van der Waals surface area contributed by atoms with Crippen LogP contribution in [0, 0.1) is 42.9 Å². The van der Waals surface area contributed by atoms with Crippen LogP contribution in [0.5, 0.6) is 0 Å². The Morgan fingerprint density at radius 3 is 2.28 bits per heavy atom. The molecule has 3 aromatic rings. The van der Waals surface area contributed by atoms with E-state index in [9.17, 15) is 26.7 Å². The minimum atomic E-state index is -2.23. The molecule has 0 bridgehead atoms. The van der Waals surface area contributed by atoms with Crippen LogP contribution in [0.15, 0.2) is 12.3 Å². The first-order valence-corrected chi connectivity index (χ1v) is 10.1. The molecule has 0 radical (unpaired) electrons. The molecule has 6 nitrogen and oxygen atoms in total. The van der Waals surface area contributed by atoms with E-state index in [1.165, 1.54) is 30.7 Å². The molecule has 0 amide bonds. The van der Waals surface area contributed by atoms with E-state index in [1.807, 2.05) is 6.92 Å². The summed E-state index contributed by atoms with van der Waals surface area (Å²) < 4.78 is 73.4. The van der Waals surface area contributed by atoms with Gasteiger partial charge in [0.2, 0.25) is 5.82 Å². The fourth-order valence-electron chi connectivity index (χ4n) is 2.78. The van der Waals surface area contributed by atoms with Gasteiger partial charge in [0.15, 0.2) is 34.2 Å². The first-order chi connectivity index (χ1) is 15.0. The van der Waals surface area contributed by atoms with Crippen LogP contribution in [0.1, 0.15) is 26.4 Å². The van der Waals surface area contributed by atoms with Crippen molar-refractivity contribution in [2.45, 2.75) is 20.4 Å². The zero-order valence-electron chi connectivity index (χ0n) is 16.8. The van der Waals surface area contributed by atoms with Crippen LogP contribution in [0.3, 0.4) is 0 Å². The Labute approximate surface area is 188 Å². The number of rotatable bonds is 5. The molecule has 0 spiro atoms. The van der Waals surface area contributed by atoms with E-state index in [2.05, 4.69) is 15.7 Å². The molecule has 2 heterocycles. The van der Waals surface area contributed by atoms with Gasteiger partial charge in [0.05, 0.1) is 24.8 Å². The van der Waals surface area contributed by atoms with E-state index in [0.29, 0.717) is 10.6 Å². The van der Waals surface area contributed by atoms with Gasteiger partial charge in [-0.2, -0.15) is 5.10 Å². The average molecular weight is 490 g/mol. The zero-order valence-corrected chi connectivity index (χ0v) is 18.4. The maximum absolute atomic E-state index is 13.9. The van der Waals surface area contributed by atoms with Gasteiger partial charge in [0.1, 0.15) is 5.00 Å². The van der Waals surface area contributed by atoms with Crippen molar-refractivity contribution in [3.8, 4) is 0 Å². The van der Waals surface area contributed by atoms with Gasteiger partial charge in [-0.1, -0.05) is 0 Å². The SMILES string of the molecule is COC(=O)c1c(NC(=S)Nc2ccn(Cc3c(F)c(F)c(F)c(F)c3F)n2)sc(C)c1C. The van der Waals surface area contributed by atoms with Crippen molar-refractivity contribution in [3.05, 3.63) is 62.9 Å². The summed E-state index contributed by atoms with van der Waals surface area (Å²) in [6.45, 7) is 2.89. The Bertz CT molecular complexity index is 1200. The minimum Gasteiger partial charge on any atom is -0.465 e. The largest absolute Gasteiger partial charge is 0.465 e. The number of thiophene rings is 1. The Morgan fingerprint density at radius 1 is 1.09 bits per heavy atom. The summed E-state index contributed by atoms with van der Waals surface area (Å²) in [7, 11) is 1.26. The van der Waals surface area contributed by atoms with Crippen molar-refractivity contribution < 1.29 is 31.5 Å². The van der Waals surface area contributed by atoms with Crippen LogP contribution in [0.2, 0.25) is 0 Å². The Balaban J connectivity index is 1.75. The highest BCUT2D eigenvalue weighted by molar-refractivity contribution is 7.80. The van der Waals surface area contributed by atoms with Gasteiger partial charge in [0, 0.05) is 17.1 Å². The highest BCUT2D eigenvalue weighted by Crippen LogP contribution is 2.33. The number of methoxy groups -OCH3 is 1. The summed E-state index contributed by atoms with van der Waals surface area (Å²) >= 11 is 6.49. The third kappa shape index (κ3) is 4.43. The van der Waals surface area contributed by atoms with Crippen LogP contribution >= 0.6 is 23.6 Å². The highest BCUT2D eigenvalue weighted by Gasteiger charge is 2.26. The topological polar surface area (TPSA) is 68.2 Å². The number of halogens is 5. The predicted molar refractivity (Wildman–Crippen MR) is 113 cm³/mol. The lowest BCUT2D eigenvalue weighted by Crippen LogP contribution is -2.20. The number of carbonyl (C=O) groups excluding carboxylic acids is 1. The number of hydrogen-bond acceptors (Lipinski definition) is 5. The molecule has 1 aromatic carbocycles. The van der Waals surface area contributed by atoms with Crippen LogP contribution in [0.25, 0.3) is 0 Å². The third-order valence-corrected chi connectivity index (χ3v) is 5.83. The Morgan fingerprint density at radius 2 is 1.69 bits per heavy atom. The number of anilines is 2. The van der Waals surface area contributed by atoms with Crippen LogP contribution in [0.4, 0.5) is 32.8 Å². The summed E-state index contributed by atoms with van der Waals surface area (Å²) in [6, 6.07) is 1.38. The lowest BCUT2D eigenvalue weighted by Gasteiger charge is -2.10. The van der Waals surface area contributed by atoms with E-state index in [-0.39, 0.29) is 10.9 Å². The molecular formula is C19H15F5N4O2S2. The molecule has 0 saturated heterocycles. The van der Waals surface area contributed by atoms with E-state index in [0.717, 1.165) is 15.1 Å². The van der Waals surface area contributed by atoms with E-state index >= 15 is 0 Å². The lowest BCUT2D eigenvalue weighted by molar-refractivity contribution is 0.0601. The second-order valence-electron chi connectivity index (χ2n) is 6.51. The smallest absolute Gasteiger partial charge is 0.341 e. The minimum absolute atomic E-state index is 0.0536. The van der Waals surface area contributed by atoms with Gasteiger partial charge in [-0.15, -0.1) is 11.3 Å². The number of ether oxygens (including phenoxy) is 1. The Hall–Kier alpha value is -3.06. The molecule has 0 atom stereocenters. The summed E-state index contributed by atoms with van der Waals surface area (Å²) in [6.07, 6.45) is 1.27. The average Bonchev–Trinajstić information content (AvgIpc) is 3.31. The van der Waals surface area contributed by atoms with Gasteiger partial charge in [-0.25, -0.2) is 26.7 Å². The molecule has 0 aliphatic carbocycles. The van der Waals surface area contributed by atoms with Crippen LogP contribution < -0.4 is 10.6 Å². The maximum Gasteiger partial charge on any atom is 0.341 e. The fraction of sp³-hybridized carbons (Fsp3) is 0.211. The summed E-state index contributed by atoms with van der Waals surface area (Å²) in [5.74, 6) is -10.5. The number of nitrogens with one attached hydrogen (secondary N) is 2. The molecule has 0 aliphatic rings. The first-order valence-electron chi connectivity index (χ1n) is 8.85. The van der Waals surface area contributed by atoms with Gasteiger partial charge >= 0.3 is 5.97 Å². The van der Waals surface area contributed by atoms with Crippen molar-refractivity contribution in [2.24, 2.45) is 0 Å². The zero-order chi connectivity index (χ0) is 23.7. The number of carbonyl (C=O) groups is 1. The van der Waals surface area contributed by atoms with E-state index < -0.39 is 47.2 Å². The van der Waals surface area contributed by atoms with Crippen molar-refractivity contribution >= 4 is 45.5 Å². The normalized spacial score (nSPS) is 10.9. The predicted octanol–water partition coefficient (Wildman–Crippen LogP) is 4.90. The fourth-order valence-corrected chi connectivity index (χ4v) is 4.11. The summed E-state index contributed by atoms with van der Waals surface area (Å²) in [5.41, 5.74) is 0.0410. The first kappa shape index (κ1) is 23.6. The number of nitrogens with zero attached hydrogens (tertiary/aromatic N) is 2. The molecule has 0 aliphatic heterocycles. The van der Waals surface area contributed by atoms with Crippen molar-refractivity contribution in [3.63, 3.8) is 0 Å². The molecule has 0 fully saturated rings. The van der Waals surface area contributed by atoms with Crippen molar-refractivity contribution in [1.29, 1.82) is 0 Å². The summed E-state index contributed by atoms with van der Waals surface area (Å²) in [4.78, 5) is 12.9. The molecule has 0 unspecified atom stereocenters. The maximum atomic E-state index is 13.9. The van der Waals surface area contributed by atoms with Gasteiger partial charge < -0.3 is 15.4 Å². The third-order valence-electron chi connectivity index (χ3n) is 4.50. The molecule has 0 saturated carbocycles. The number of aromatic nitrogens is 2. The molecule has 32 heavy (non-hydrogen) atoms. The second kappa shape index (κ2) is 9.20. The van der Waals surface area contributed by atoms with Gasteiger partial charge in [-0.05, 0) is 31.6 Å². The molecule has 170 valence electrons. The Kier molecular flexibility index (Phi) is 6.79. The second-order valence-corrected chi connectivity index (χ2v) is 8.14. The van der Waals surface area contributed by atoms with Gasteiger partial charge in [-0.3, -0.25) is 4.68 Å². The van der Waals surface area contributed by atoms with Crippen LogP contribution in [-0.2, 0) is 11.3 Å². The van der Waals surface area contributed by atoms with Crippen molar-refractivity contribution in [1.82, 2.24) is 9.78 Å². The molecule has 2 aromatic heterocycles. The monoisotopic (exact) mass is 490 g/mol. The molecule has 2 N–H and O–H groups in total. The quantitative estimate of drug-likeness (QED) is 0.174. The number of esters is 1. The highest BCUT2D eigenvalue weighted by atomic mass is 32.1. The number of thiocarbonyl (C=S) groups is 1. The van der Waals surface area contributed by atoms with Gasteiger partial charge in [0.25, 0.3) is 0 Å². The summed E-state index contributed by atoms with van der Waals surface area (Å²) in [5, 5.41) is 10.0. The number of hydrogen-bond donors (Lipinski definition) is 2.